The number of ether oxygens (including phenoxy) is 1. The molecule has 0 saturated heterocycles. The van der Waals surface area contributed by atoms with Crippen LogP contribution in [-0.2, 0) is 4.79 Å². The first-order chi connectivity index (χ1) is 10.9. The molecule has 23 heavy (non-hydrogen) atoms. The topological polar surface area (TPSA) is 81.4 Å². The zero-order chi connectivity index (χ0) is 17.0. The fraction of sp³-hybridized carbons (Fsp3) is 0.222. The molecule has 0 fully saturated rings. The molecule has 0 bridgehead atoms. The number of benzene rings is 2. The van der Waals surface area contributed by atoms with Gasteiger partial charge in [-0.25, -0.2) is 0 Å². The molecule has 5 nitrogen and oxygen atoms in total. The van der Waals surface area contributed by atoms with Crippen molar-refractivity contribution in [3.63, 3.8) is 0 Å². The highest BCUT2D eigenvalue weighted by Gasteiger charge is 2.17. The summed E-state index contributed by atoms with van der Waals surface area (Å²) < 4.78 is 5.64. The Balaban J connectivity index is 2.10. The number of primary amides is 1. The van der Waals surface area contributed by atoms with Gasteiger partial charge >= 0.3 is 0 Å². The zero-order valence-corrected chi connectivity index (χ0v) is 13.4. The average Bonchev–Trinajstić information content (AvgIpc) is 2.49. The second-order valence-corrected chi connectivity index (χ2v) is 5.41. The first-order valence-corrected chi connectivity index (χ1v) is 7.32. The first kappa shape index (κ1) is 16.5. The lowest BCUT2D eigenvalue weighted by Crippen LogP contribution is -2.30. The minimum Gasteiger partial charge on any atom is -0.481 e. The van der Waals surface area contributed by atoms with Crippen LogP contribution in [0.15, 0.2) is 42.5 Å². The molecule has 0 aliphatic heterocycles. The molecule has 2 aromatic carbocycles. The smallest absolute Gasteiger partial charge is 0.265 e. The number of hydrogen-bond donors (Lipinski definition) is 2. The molecular formula is C18H20N2O3. The summed E-state index contributed by atoms with van der Waals surface area (Å²) in [5, 5.41) is 2.77. The van der Waals surface area contributed by atoms with Crippen LogP contribution in [0.2, 0.25) is 0 Å². The van der Waals surface area contributed by atoms with Crippen molar-refractivity contribution >= 4 is 17.5 Å². The predicted molar refractivity (Wildman–Crippen MR) is 89.6 cm³/mol. The van der Waals surface area contributed by atoms with E-state index in [0.29, 0.717) is 22.6 Å². The fourth-order valence-electron chi connectivity index (χ4n) is 2.22. The number of amides is 2. The van der Waals surface area contributed by atoms with Gasteiger partial charge in [0, 0.05) is 11.3 Å². The molecule has 0 aliphatic rings. The van der Waals surface area contributed by atoms with Gasteiger partial charge in [-0.3, -0.25) is 9.59 Å². The average molecular weight is 312 g/mol. The minimum absolute atomic E-state index is 0.295. The molecule has 2 rings (SSSR count). The monoisotopic (exact) mass is 312 g/mol. The van der Waals surface area contributed by atoms with E-state index in [1.165, 1.54) is 0 Å². The van der Waals surface area contributed by atoms with E-state index in [4.69, 9.17) is 10.5 Å². The van der Waals surface area contributed by atoms with Gasteiger partial charge in [0.15, 0.2) is 6.10 Å². The Morgan fingerprint density at radius 3 is 2.48 bits per heavy atom. The molecule has 0 spiro atoms. The number of nitrogens with one attached hydrogen (secondary N) is 1. The number of aryl methyl sites for hydroxylation is 1. The van der Waals surface area contributed by atoms with E-state index in [0.717, 1.165) is 5.56 Å². The van der Waals surface area contributed by atoms with Crippen molar-refractivity contribution in [2.75, 3.05) is 5.32 Å². The molecule has 0 heterocycles. The number of rotatable bonds is 5. The van der Waals surface area contributed by atoms with Gasteiger partial charge in [0.05, 0.1) is 0 Å². The van der Waals surface area contributed by atoms with Gasteiger partial charge in [-0.15, -0.1) is 0 Å². The van der Waals surface area contributed by atoms with Gasteiger partial charge in [0.25, 0.3) is 5.91 Å². The van der Waals surface area contributed by atoms with Crippen molar-refractivity contribution in [2.45, 2.75) is 26.9 Å². The second kappa shape index (κ2) is 6.96. The van der Waals surface area contributed by atoms with Gasteiger partial charge in [-0.1, -0.05) is 18.2 Å². The fourth-order valence-corrected chi connectivity index (χ4v) is 2.22. The number of hydrogen-bond acceptors (Lipinski definition) is 3. The number of carbonyl (C=O) groups is 2. The summed E-state index contributed by atoms with van der Waals surface area (Å²) in [7, 11) is 0. The number of nitrogens with two attached hydrogens (primary N) is 1. The molecule has 0 aromatic heterocycles. The molecular weight excluding hydrogens is 292 g/mol. The van der Waals surface area contributed by atoms with Crippen LogP contribution in [0.4, 0.5) is 5.69 Å². The van der Waals surface area contributed by atoms with Crippen LogP contribution in [0.5, 0.6) is 5.75 Å². The van der Waals surface area contributed by atoms with E-state index >= 15 is 0 Å². The zero-order valence-electron chi connectivity index (χ0n) is 13.4. The largest absolute Gasteiger partial charge is 0.481 e. The van der Waals surface area contributed by atoms with Crippen molar-refractivity contribution in [1.82, 2.24) is 0 Å². The molecule has 5 heteroatoms. The first-order valence-electron chi connectivity index (χ1n) is 7.32. The third kappa shape index (κ3) is 4.10. The highest BCUT2D eigenvalue weighted by atomic mass is 16.5. The lowest BCUT2D eigenvalue weighted by molar-refractivity contribution is -0.122. The predicted octanol–water partition coefficient (Wildman–Crippen LogP) is 2.81. The second-order valence-electron chi connectivity index (χ2n) is 5.41. The lowest BCUT2D eigenvalue weighted by atomic mass is 10.1. The summed E-state index contributed by atoms with van der Waals surface area (Å²) in [6.07, 6.45) is -0.673. The summed E-state index contributed by atoms with van der Waals surface area (Å²) in [5.41, 5.74) is 7.94. The maximum atomic E-state index is 12.3. The Morgan fingerprint density at radius 2 is 1.83 bits per heavy atom. The van der Waals surface area contributed by atoms with Crippen molar-refractivity contribution in [3.8, 4) is 5.75 Å². The third-order valence-corrected chi connectivity index (χ3v) is 3.53. The van der Waals surface area contributed by atoms with Crippen molar-refractivity contribution in [1.29, 1.82) is 0 Å². The molecule has 3 N–H and O–H groups in total. The minimum atomic E-state index is -0.673. The van der Waals surface area contributed by atoms with Gasteiger partial charge in [0.1, 0.15) is 5.75 Å². The normalized spacial score (nSPS) is 11.6. The molecule has 0 unspecified atom stereocenters. The van der Waals surface area contributed by atoms with E-state index in [1.54, 1.807) is 38.1 Å². The van der Waals surface area contributed by atoms with Crippen LogP contribution in [-0.4, -0.2) is 17.9 Å². The molecule has 1 atom stereocenters. The van der Waals surface area contributed by atoms with Gasteiger partial charge in [-0.2, -0.15) is 0 Å². The Kier molecular flexibility index (Phi) is 5.01. The molecule has 0 saturated carbocycles. The van der Waals surface area contributed by atoms with E-state index in [9.17, 15) is 9.59 Å². The Labute approximate surface area is 135 Å². The molecule has 120 valence electrons. The maximum absolute atomic E-state index is 12.3. The van der Waals surface area contributed by atoms with Crippen molar-refractivity contribution in [2.24, 2.45) is 5.73 Å². The Hall–Kier alpha value is -2.82. The van der Waals surface area contributed by atoms with Crippen molar-refractivity contribution < 1.29 is 14.3 Å². The number of carbonyl (C=O) groups excluding carboxylic acids is 2. The summed E-state index contributed by atoms with van der Waals surface area (Å²) in [5.74, 6) is -0.186. The van der Waals surface area contributed by atoms with Crippen LogP contribution in [0.25, 0.3) is 0 Å². The van der Waals surface area contributed by atoms with E-state index < -0.39 is 12.0 Å². The lowest BCUT2D eigenvalue weighted by Gasteiger charge is -2.16. The van der Waals surface area contributed by atoms with E-state index in [1.807, 2.05) is 25.1 Å². The summed E-state index contributed by atoms with van der Waals surface area (Å²) in [4.78, 5) is 23.6. The molecule has 0 aliphatic carbocycles. The molecule has 2 amide bonds. The van der Waals surface area contributed by atoms with Crippen LogP contribution in [0.3, 0.4) is 0 Å². The SMILES string of the molecule is Cc1cccc(O[C@H](C)C(=O)Nc2cccc(C(N)=O)c2C)c1. The Morgan fingerprint density at radius 1 is 1.13 bits per heavy atom. The standard InChI is InChI=1S/C18H20N2O3/c1-11-6-4-7-14(10-11)23-13(3)18(22)20-16-9-5-8-15(12(16)2)17(19)21/h4-10,13H,1-3H3,(H2,19,21)(H,20,22)/t13-/m1/s1. The Bertz CT molecular complexity index is 741. The van der Waals surface area contributed by atoms with Crippen LogP contribution < -0.4 is 15.8 Å². The summed E-state index contributed by atoms with van der Waals surface area (Å²) >= 11 is 0. The highest BCUT2D eigenvalue weighted by Crippen LogP contribution is 2.20. The summed E-state index contributed by atoms with van der Waals surface area (Å²) in [6, 6.07) is 12.5. The third-order valence-electron chi connectivity index (χ3n) is 3.53. The van der Waals surface area contributed by atoms with Crippen molar-refractivity contribution in [3.05, 3.63) is 59.2 Å². The molecule has 0 radical (unpaired) electrons. The highest BCUT2D eigenvalue weighted by molar-refractivity contribution is 5.99. The number of anilines is 1. The van der Waals surface area contributed by atoms with Gasteiger partial charge in [0.2, 0.25) is 5.91 Å². The van der Waals surface area contributed by atoms with Crippen LogP contribution in [0, 0.1) is 13.8 Å². The summed E-state index contributed by atoms with van der Waals surface area (Å²) in [6.45, 7) is 5.36. The van der Waals surface area contributed by atoms with Crippen LogP contribution in [0.1, 0.15) is 28.4 Å². The van der Waals surface area contributed by atoms with E-state index in [-0.39, 0.29) is 5.91 Å². The maximum Gasteiger partial charge on any atom is 0.265 e. The quantitative estimate of drug-likeness (QED) is 0.890. The van der Waals surface area contributed by atoms with Crippen LogP contribution >= 0.6 is 0 Å². The van der Waals surface area contributed by atoms with E-state index in [2.05, 4.69) is 5.32 Å². The van der Waals surface area contributed by atoms with Gasteiger partial charge in [-0.05, 0) is 56.2 Å². The van der Waals surface area contributed by atoms with Gasteiger partial charge < -0.3 is 15.8 Å². The molecule has 2 aromatic rings.